The predicted octanol–water partition coefficient (Wildman–Crippen LogP) is 6.27. The molecule has 5 aromatic carbocycles. The molecule has 0 amide bonds. The van der Waals surface area contributed by atoms with Gasteiger partial charge in [-0.15, -0.1) is 0 Å². The normalized spacial score (nSPS) is 11.5. The molecule has 0 spiro atoms. The number of methoxy groups -OCH3 is 2. The molecule has 26 heavy (non-hydrogen) atoms. The van der Waals surface area contributed by atoms with Crippen LogP contribution >= 0.6 is 0 Å². The SMILES string of the molecule is COc1ccc(OC)c(-c2ccc3ccc4cccc5ccc2c3c45)c1. The second kappa shape index (κ2) is 5.63. The molecule has 5 aromatic rings. The minimum Gasteiger partial charge on any atom is -0.497 e. The van der Waals surface area contributed by atoms with Crippen molar-refractivity contribution < 1.29 is 9.47 Å². The number of hydrogen-bond acceptors (Lipinski definition) is 2. The third kappa shape index (κ3) is 2.05. The lowest BCUT2D eigenvalue weighted by atomic mass is 9.89. The Labute approximate surface area is 151 Å². The van der Waals surface area contributed by atoms with Crippen LogP contribution in [0.2, 0.25) is 0 Å². The molecule has 0 heterocycles. The first-order valence-electron chi connectivity index (χ1n) is 8.69. The largest absolute Gasteiger partial charge is 0.497 e. The van der Waals surface area contributed by atoms with Crippen molar-refractivity contribution in [1.82, 2.24) is 0 Å². The third-order valence-corrected chi connectivity index (χ3v) is 5.23. The van der Waals surface area contributed by atoms with Crippen molar-refractivity contribution in [3.63, 3.8) is 0 Å². The molecule has 0 unspecified atom stereocenters. The molecular weight excluding hydrogens is 320 g/mol. The zero-order valence-electron chi connectivity index (χ0n) is 14.7. The summed E-state index contributed by atoms with van der Waals surface area (Å²) in [6.07, 6.45) is 0. The van der Waals surface area contributed by atoms with Gasteiger partial charge in [0, 0.05) is 5.56 Å². The van der Waals surface area contributed by atoms with Gasteiger partial charge in [0.1, 0.15) is 11.5 Å². The van der Waals surface area contributed by atoms with Crippen LogP contribution in [-0.2, 0) is 0 Å². The molecule has 0 bridgehead atoms. The molecule has 0 atom stereocenters. The Morgan fingerprint density at radius 2 is 1.27 bits per heavy atom. The third-order valence-electron chi connectivity index (χ3n) is 5.23. The second-order valence-electron chi connectivity index (χ2n) is 6.54. The Hall–Kier alpha value is -3.26. The molecule has 5 rings (SSSR count). The quantitative estimate of drug-likeness (QED) is 0.361. The lowest BCUT2D eigenvalue weighted by Gasteiger charge is -2.16. The summed E-state index contributed by atoms with van der Waals surface area (Å²) in [4.78, 5) is 0. The highest BCUT2D eigenvalue weighted by molar-refractivity contribution is 6.25. The number of hydrogen-bond donors (Lipinski definition) is 0. The van der Waals surface area contributed by atoms with E-state index >= 15 is 0 Å². The average molecular weight is 338 g/mol. The van der Waals surface area contributed by atoms with Crippen LogP contribution in [0.3, 0.4) is 0 Å². The fraction of sp³-hybridized carbons (Fsp3) is 0.0833. The van der Waals surface area contributed by atoms with E-state index in [0.29, 0.717) is 0 Å². The van der Waals surface area contributed by atoms with Gasteiger partial charge in [0.25, 0.3) is 0 Å². The van der Waals surface area contributed by atoms with E-state index in [0.717, 1.165) is 22.6 Å². The molecule has 2 heteroatoms. The van der Waals surface area contributed by atoms with Gasteiger partial charge in [-0.2, -0.15) is 0 Å². The fourth-order valence-electron chi connectivity index (χ4n) is 3.99. The molecule has 0 fully saturated rings. The Kier molecular flexibility index (Phi) is 3.26. The fourth-order valence-corrected chi connectivity index (χ4v) is 3.99. The smallest absolute Gasteiger partial charge is 0.126 e. The maximum absolute atomic E-state index is 5.63. The van der Waals surface area contributed by atoms with Crippen LogP contribution in [0.5, 0.6) is 11.5 Å². The van der Waals surface area contributed by atoms with Crippen LogP contribution < -0.4 is 9.47 Å². The van der Waals surface area contributed by atoms with Gasteiger partial charge in [-0.3, -0.25) is 0 Å². The summed E-state index contributed by atoms with van der Waals surface area (Å²) in [7, 11) is 3.40. The van der Waals surface area contributed by atoms with Crippen LogP contribution in [-0.4, -0.2) is 14.2 Å². The predicted molar refractivity (Wildman–Crippen MR) is 109 cm³/mol. The van der Waals surface area contributed by atoms with Crippen molar-refractivity contribution in [3.8, 4) is 22.6 Å². The van der Waals surface area contributed by atoms with Gasteiger partial charge >= 0.3 is 0 Å². The van der Waals surface area contributed by atoms with Crippen molar-refractivity contribution in [3.05, 3.63) is 72.8 Å². The van der Waals surface area contributed by atoms with Crippen LogP contribution in [0, 0.1) is 0 Å². The number of benzene rings is 5. The van der Waals surface area contributed by atoms with Crippen LogP contribution in [0.4, 0.5) is 0 Å². The zero-order chi connectivity index (χ0) is 17.7. The van der Waals surface area contributed by atoms with Crippen molar-refractivity contribution >= 4 is 32.3 Å². The summed E-state index contributed by atoms with van der Waals surface area (Å²) < 4.78 is 11.1. The van der Waals surface area contributed by atoms with E-state index in [4.69, 9.17) is 9.47 Å². The van der Waals surface area contributed by atoms with E-state index in [1.807, 2.05) is 18.2 Å². The van der Waals surface area contributed by atoms with Crippen molar-refractivity contribution in [2.75, 3.05) is 14.2 Å². The Bertz CT molecular complexity index is 1240. The Morgan fingerprint density at radius 1 is 0.577 bits per heavy atom. The summed E-state index contributed by atoms with van der Waals surface area (Å²) in [5, 5.41) is 7.67. The van der Waals surface area contributed by atoms with Gasteiger partial charge in [-0.05, 0) is 56.1 Å². The van der Waals surface area contributed by atoms with Gasteiger partial charge in [-0.25, -0.2) is 0 Å². The molecule has 0 aromatic heterocycles. The molecule has 0 radical (unpaired) electrons. The van der Waals surface area contributed by atoms with E-state index in [1.54, 1.807) is 14.2 Å². The Morgan fingerprint density at radius 3 is 2.00 bits per heavy atom. The summed E-state index contributed by atoms with van der Waals surface area (Å²) in [5.41, 5.74) is 2.20. The zero-order valence-corrected chi connectivity index (χ0v) is 14.7. The summed E-state index contributed by atoms with van der Waals surface area (Å²) in [6.45, 7) is 0. The van der Waals surface area contributed by atoms with E-state index in [2.05, 4.69) is 54.6 Å². The van der Waals surface area contributed by atoms with Crippen molar-refractivity contribution in [2.24, 2.45) is 0 Å². The Balaban J connectivity index is 1.93. The monoisotopic (exact) mass is 338 g/mol. The van der Waals surface area contributed by atoms with Gasteiger partial charge in [0.2, 0.25) is 0 Å². The van der Waals surface area contributed by atoms with Gasteiger partial charge < -0.3 is 9.47 Å². The first kappa shape index (κ1) is 15.0. The minimum atomic E-state index is 0.825. The summed E-state index contributed by atoms with van der Waals surface area (Å²) in [6, 6.07) is 25.6. The first-order chi connectivity index (χ1) is 12.8. The van der Waals surface area contributed by atoms with Crippen molar-refractivity contribution in [1.29, 1.82) is 0 Å². The molecule has 0 N–H and O–H groups in total. The number of rotatable bonds is 3. The lowest BCUT2D eigenvalue weighted by molar-refractivity contribution is 0.404. The van der Waals surface area contributed by atoms with E-state index < -0.39 is 0 Å². The van der Waals surface area contributed by atoms with E-state index in [1.165, 1.54) is 32.3 Å². The minimum absolute atomic E-state index is 0.825. The molecular formula is C24H18O2. The van der Waals surface area contributed by atoms with Crippen molar-refractivity contribution in [2.45, 2.75) is 0 Å². The second-order valence-corrected chi connectivity index (χ2v) is 6.54. The standard InChI is InChI=1S/C24H18O2/c1-25-18-10-13-22(26-2)21(14-18)19-11-8-17-7-6-15-4-3-5-16-9-12-20(19)24(17)23(15)16/h3-14H,1-2H3. The average Bonchev–Trinajstić information content (AvgIpc) is 2.71. The van der Waals surface area contributed by atoms with E-state index in [-0.39, 0.29) is 0 Å². The van der Waals surface area contributed by atoms with E-state index in [9.17, 15) is 0 Å². The molecule has 0 saturated heterocycles. The van der Waals surface area contributed by atoms with Crippen LogP contribution in [0.1, 0.15) is 0 Å². The topological polar surface area (TPSA) is 18.5 Å². The maximum atomic E-state index is 5.63. The summed E-state index contributed by atoms with van der Waals surface area (Å²) in [5.74, 6) is 1.67. The molecule has 126 valence electrons. The van der Waals surface area contributed by atoms with Crippen LogP contribution in [0.15, 0.2) is 72.8 Å². The first-order valence-corrected chi connectivity index (χ1v) is 8.69. The van der Waals surface area contributed by atoms with Gasteiger partial charge in [-0.1, -0.05) is 54.6 Å². The number of ether oxygens (including phenoxy) is 2. The highest BCUT2D eigenvalue weighted by atomic mass is 16.5. The van der Waals surface area contributed by atoms with Gasteiger partial charge in [0.15, 0.2) is 0 Å². The molecule has 2 nitrogen and oxygen atoms in total. The molecule has 0 aliphatic rings. The van der Waals surface area contributed by atoms with Crippen LogP contribution in [0.25, 0.3) is 43.4 Å². The molecule has 0 aliphatic heterocycles. The molecule has 0 aliphatic carbocycles. The van der Waals surface area contributed by atoms with Gasteiger partial charge in [0.05, 0.1) is 14.2 Å². The molecule has 0 saturated carbocycles. The highest BCUT2D eigenvalue weighted by Crippen LogP contribution is 2.42. The summed E-state index contributed by atoms with van der Waals surface area (Å²) >= 11 is 0. The lowest BCUT2D eigenvalue weighted by Crippen LogP contribution is -1.92. The highest BCUT2D eigenvalue weighted by Gasteiger charge is 2.15. The maximum Gasteiger partial charge on any atom is 0.126 e.